The highest BCUT2D eigenvalue weighted by molar-refractivity contribution is 6.06. The van der Waals surface area contributed by atoms with Gasteiger partial charge >= 0.3 is 6.03 Å². The molecule has 96 valence electrons. The standard InChI is InChI=1S/C13H17N3O2/c1-13(2)11(17)15-12(18)16(13)8-7-9-3-5-10(14)6-4-9/h3-6H,7-8,14H2,1-2H3,(H,15,17,18). The van der Waals surface area contributed by atoms with Crippen molar-refractivity contribution in [3.8, 4) is 0 Å². The Bertz CT molecular complexity index is 480. The van der Waals surface area contributed by atoms with Gasteiger partial charge in [0.2, 0.25) is 0 Å². The van der Waals surface area contributed by atoms with Crippen molar-refractivity contribution in [3.63, 3.8) is 0 Å². The van der Waals surface area contributed by atoms with Crippen LogP contribution in [0.3, 0.4) is 0 Å². The molecule has 1 aliphatic rings. The molecule has 0 radical (unpaired) electrons. The van der Waals surface area contributed by atoms with Crippen molar-refractivity contribution in [2.45, 2.75) is 25.8 Å². The lowest BCUT2D eigenvalue weighted by atomic mass is 10.0. The highest BCUT2D eigenvalue weighted by atomic mass is 16.2. The van der Waals surface area contributed by atoms with E-state index < -0.39 is 5.54 Å². The van der Waals surface area contributed by atoms with E-state index in [2.05, 4.69) is 5.32 Å². The molecule has 0 aromatic heterocycles. The molecule has 5 heteroatoms. The minimum Gasteiger partial charge on any atom is -0.399 e. The smallest absolute Gasteiger partial charge is 0.325 e. The maximum absolute atomic E-state index is 11.6. The van der Waals surface area contributed by atoms with Crippen LogP contribution in [0.5, 0.6) is 0 Å². The molecule has 0 bridgehead atoms. The van der Waals surface area contributed by atoms with Gasteiger partial charge in [0.25, 0.3) is 5.91 Å². The van der Waals surface area contributed by atoms with E-state index in [-0.39, 0.29) is 11.9 Å². The number of anilines is 1. The van der Waals surface area contributed by atoms with Crippen LogP contribution in [0.1, 0.15) is 19.4 Å². The van der Waals surface area contributed by atoms with E-state index in [1.807, 2.05) is 24.3 Å². The monoisotopic (exact) mass is 247 g/mol. The largest absolute Gasteiger partial charge is 0.399 e. The van der Waals surface area contributed by atoms with Gasteiger partial charge in [0.1, 0.15) is 5.54 Å². The number of imide groups is 1. The topological polar surface area (TPSA) is 75.4 Å². The molecule has 0 atom stereocenters. The molecule has 1 saturated heterocycles. The lowest BCUT2D eigenvalue weighted by Crippen LogP contribution is -2.45. The highest BCUT2D eigenvalue weighted by Gasteiger charge is 2.44. The molecule has 0 spiro atoms. The molecular weight excluding hydrogens is 230 g/mol. The van der Waals surface area contributed by atoms with Crippen LogP contribution in [0.25, 0.3) is 0 Å². The number of nitrogens with zero attached hydrogens (tertiary/aromatic N) is 1. The number of carbonyl (C=O) groups is 2. The Hall–Kier alpha value is -2.04. The minimum atomic E-state index is -0.773. The number of rotatable bonds is 3. The normalized spacial score (nSPS) is 18.0. The number of benzene rings is 1. The molecule has 1 aromatic rings. The van der Waals surface area contributed by atoms with Crippen LogP contribution in [0.4, 0.5) is 10.5 Å². The summed E-state index contributed by atoms with van der Waals surface area (Å²) in [5, 5.41) is 2.33. The molecule has 1 fully saturated rings. The fourth-order valence-corrected chi connectivity index (χ4v) is 2.00. The zero-order chi connectivity index (χ0) is 13.3. The zero-order valence-corrected chi connectivity index (χ0v) is 10.6. The molecule has 0 aliphatic carbocycles. The van der Waals surface area contributed by atoms with E-state index in [4.69, 9.17) is 5.73 Å². The third-order valence-corrected chi connectivity index (χ3v) is 3.30. The van der Waals surface area contributed by atoms with Crippen molar-refractivity contribution in [3.05, 3.63) is 29.8 Å². The fraction of sp³-hybridized carbons (Fsp3) is 0.385. The van der Waals surface area contributed by atoms with Gasteiger partial charge in [-0.05, 0) is 38.0 Å². The molecule has 0 unspecified atom stereocenters. The summed E-state index contributed by atoms with van der Waals surface area (Å²) in [5.41, 5.74) is 6.64. The second-order valence-corrected chi connectivity index (χ2v) is 4.96. The quantitative estimate of drug-likeness (QED) is 0.621. The van der Waals surface area contributed by atoms with Crippen molar-refractivity contribution < 1.29 is 9.59 Å². The van der Waals surface area contributed by atoms with Crippen molar-refractivity contribution in [1.29, 1.82) is 0 Å². The van der Waals surface area contributed by atoms with Gasteiger partial charge in [-0.1, -0.05) is 12.1 Å². The van der Waals surface area contributed by atoms with Gasteiger partial charge in [-0.25, -0.2) is 4.79 Å². The molecule has 1 aromatic carbocycles. The summed E-state index contributed by atoms with van der Waals surface area (Å²) in [4.78, 5) is 24.8. The van der Waals surface area contributed by atoms with Crippen LogP contribution in [0, 0.1) is 0 Å². The van der Waals surface area contributed by atoms with Gasteiger partial charge in [-0.15, -0.1) is 0 Å². The first kappa shape index (κ1) is 12.4. The molecule has 3 N–H and O–H groups in total. The first-order valence-corrected chi connectivity index (χ1v) is 5.89. The fourth-order valence-electron chi connectivity index (χ4n) is 2.00. The molecule has 3 amide bonds. The molecular formula is C13H17N3O2. The third-order valence-electron chi connectivity index (χ3n) is 3.30. The van der Waals surface area contributed by atoms with Crippen molar-refractivity contribution >= 4 is 17.6 Å². The van der Waals surface area contributed by atoms with Gasteiger partial charge < -0.3 is 10.6 Å². The van der Waals surface area contributed by atoms with Crippen LogP contribution < -0.4 is 11.1 Å². The molecule has 5 nitrogen and oxygen atoms in total. The van der Waals surface area contributed by atoms with Gasteiger partial charge in [0.05, 0.1) is 0 Å². The first-order valence-electron chi connectivity index (χ1n) is 5.89. The molecule has 0 saturated carbocycles. The molecule has 18 heavy (non-hydrogen) atoms. The average molecular weight is 247 g/mol. The molecule has 1 heterocycles. The first-order chi connectivity index (χ1) is 8.41. The Kier molecular flexibility index (Phi) is 2.98. The minimum absolute atomic E-state index is 0.246. The van der Waals surface area contributed by atoms with E-state index >= 15 is 0 Å². The van der Waals surface area contributed by atoms with E-state index in [0.29, 0.717) is 18.7 Å². The number of hydrogen-bond acceptors (Lipinski definition) is 3. The maximum atomic E-state index is 11.6. The number of urea groups is 1. The predicted octanol–water partition coefficient (Wildman–Crippen LogP) is 1.14. The van der Waals surface area contributed by atoms with Crippen LogP contribution in [0.2, 0.25) is 0 Å². The van der Waals surface area contributed by atoms with Gasteiger partial charge in [0, 0.05) is 12.2 Å². The van der Waals surface area contributed by atoms with Crippen LogP contribution in [-0.4, -0.2) is 28.9 Å². The van der Waals surface area contributed by atoms with Gasteiger partial charge in [-0.2, -0.15) is 0 Å². The summed E-state index contributed by atoms with van der Waals surface area (Å²) < 4.78 is 0. The Morgan fingerprint density at radius 2 is 1.83 bits per heavy atom. The summed E-state index contributed by atoms with van der Waals surface area (Å²) in [5.74, 6) is -0.246. The molecule has 1 aliphatic heterocycles. The Balaban J connectivity index is 2.04. The van der Waals surface area contributed by atoms with Crippen molar-refractivity contribution in [2.24, 2.45) is 0 Å². The third kappa shape index (κ3) is 2.16. The number of nitrogens with two attached hydrogens (primary N) is 1. The number of amides is 3. The maximum Gasteiger partial charge on any atom is 0.325 e. The summed E-state index contributed by atoms with van der Waals surface area (Å²) in [6.07, 6.45) is 0.699. The Labute approximate surface area is 106 Å². The van der Waals surface area contributed by atoms with Crippen LogP contribution in [0.15, 0.2) is 24.3 Å². The Morgan fingerprint density at radius 1 is 1.22 bits per heavy atom. The van der Waals surface area contributed by atoms with Gasteiger partial charge in [0.15, 0.2) is 0 Å². The summed E-state index contributed by atoms with van der Waals surface area (Å²) in [6, 6.07) is 7.20. The number of nitrogen functional groups attached to an aromatic ring is 1. The second-order valence-electron chi connectivity index (χ2n) is 4.96. The number of nitrogens with one attached hydrogen (secondary N) is 1. The van der Waals surface area contributed by atoms with E-state index in [0.717, 1.165) is 5.56 Å². The van der Waals surface area contributed by atoms with Crippen molar-refractivity contribution in [1.82, 2.24) is 10.2 Å². The van der Waals surface area contributed by atoms with E-state index in [1.54, 1.807) is 18.7 Å². The lowest BCUT2D eigenvalue weighted by Gasteiger charge is -2.27. The van der Waals surface area contributed by atoms with E-state index in [1.165, 1.54) is 0 Å². The predicted molar refractivity (Wildman–Crippen MR) is 68.9 cm³/mol. The molecule has 2 rings (SSSR count). The number of carbonyl (C=O) groups excluding carboxylic acids is 2. The summed E-state index contributed by atoms with van der Waals surface area (Å²) in [7, 11) is 0. The summed E-state index contributed by atoms with van der Waals surface area (Å²) >= 11 is 0. The summed E-state index contributed by atoms with van der Waals surface area (Å²) in [6.45, 7) is 4.00. The highest BCUT2D eigenvalue weighted by Crippen LogP contribution is 2.21. The lowest BCUT2D eigenvalue weighted by molar-refractivity contribution is -0.125. The van der Waals surface area contributed by atoms with Crippen molar-refractivity contribution in [2.75, 3.05) is 12.3 Å². The Morgan fingerprint density at radius 3 is 2.33 bits per heavy atom. The van der Waals surface area contributed by atoms with Crippen LogP contribution >= 0.6 is 0 Å². The van der Waals surface area contributed by atoms with E-state index in [9.17, 15) is 9.59 Å². The van der Waals surface area contributed by atoms with Gasteiger partial charge in [-0.3, -0.25) is 10.1 Å². The number of hydrogen-bond donors (Lipinski definition) is 2. The average Bonchev–Trinajstić information content (AvgIpc) is 2.49. The van der Waals surface area contributed by atoms with Crippen LogP contribution in [-0.2, 0) is 11.2 Å². The second kappa shape index (κ2) is 4.33. The zero-order valence-electron chi connectivity index (χ0n) is 10.6. The SMILES string of the molecule is CC1(C)C(=O)NC(=O)N1CCc1ccc(N)cc1.